The van der Waals surface area contributed by atoms with Crippen molar-refractivity contribution >= 4 is 17.6 Å². The number of carbonyl (C=O) groups is 1. The van der Waals surface area contributed by atoms with Crippen LogP contribution in [0.5, 0.6) is 0 Å². The van der Waals surface area contributed by atoms with E-state index in [1.54, 1.807) is 12.3 Å². The van der Waals surface area contributed by atoms with Crippen LogP contribution in [0, 0.1) is 5.92 Å². The van der Waals surface area contributed by atoms with Crippen molar-refractivity contribution < 1.29 is 14.6 Å². The quantitative estimate of drug-likeness (QED) is 0.630. The second kappa shape index (κ2) is 4.39. The molecule has 86 valence electrons. The topological polar surface area (TPSA) is 59.4 Å². The van der Waals surface area contributed by atoms with Gasteiger partial charge < -0.3 is 9.84 Å². The Kier molecular flexibility index (Phi) is 3.12. The Balaban J connectivity index is 2.37. The molecule has 1 aromatic heterocycles. The molecule has 0 saturated carbocycles. The van der Waals surface area contributed by atoms with Gasteiger partial charge in [-0.05, 0) is 18.1 Å². The average molecular weight is 242 g/mol. The number of carbonyl (C=O) groups excluding carboxylic acids is 1. The van der Waals surface area contributed by atoms with Gasteiger partial charge in [0.05, 0.1) is 6.61 Å². The van der Waals surface area contributed by atoms with Gasteiger partial charge in [0, 0.05) is 24.6 Å². The van der Waals surface area contributed by atoms with Crippen LogP contribution in [0.4, 0.5) is 0 Å². The minimum atomic E-state index is -0.405. The zero-order valence-electron chi connectivity index (χ0n) is 8.81. The summed E-state index contributed by atoms with van der Waals surface area (Å²) in [5.41, 5.74) is 1.73. The van der Waals surface area contributed by atoms with Gasteiger partial charge >= 0.3 is 5.97 Å². The third-order valence-electron chi connectivity index (χ3n) is 2.77. The molecule has 0 aromatic carbocycles. The van der Waals surface area contributed by atoms with Crippen molar-refractivity contribution in [2.24, 2.45) is 5.92 Å². The lowest BCUT2D eigenvalue weighted by molar-refractivity contribution is -0.149. The average Bonchev–Trinajstić information content (AvgIpc) is 2.58. The molecule has 0 bridgehead atoms. The Morgan fingerprint density at radius 2 is 2.50 bits per heavy atom. The largest absolute Gasteiger partial charge is 0.457 e. The molecule has 1 aliphatic rings. The predicted molar refractivity (Wildman–Crippen MR) is 58.0 cm³/mol. The van der Waals surface area contributed by atoms with E-state index in [1.165, 1.54) is 6.92 Å². The van der Waals surface area contributed by atoms with Crippen molar-refractivity contribution in [2.45, 2.75) is 19.4 Å². The molecule has 1 aliphatic carbocycles. The first-order valence-corrected chi connectivity index (χ1v) is 5.42. The number of fused-ring (bicyclic) bond motifs is 1. The lowest BCUT2D eigenvalue weighted by Gasteiger charge is -2.17. The van der Waals surface area contributed by atoms with E-state index in [-0.39, 0.29) is 18.5 Å². The summed E-state index contributed by atoms with van der Waals surface area (Å²) in [7, 11) is 0. The minimum absolute atomic E-state index is 0.0387. The zero-order chi connectivity index (χ0) is 11.7. The molecule has 1 aromatic rings. The van der Waals surface area contributed by atoms with Gasteiger partial charge in [-0.25, -0.2) is 4.98 Å². The summed E-state index contributed by atoms with van der Waals surface area (Å²) in [5.74, 6) is -0.482. The first-order chi connectivity index (χ1) is 7.63. The first kappa shape index (κ1) is 11.4. The van der Waals surface area contributed by atoms with Crippen LogP contribution < -0.4 is 0 Å². The number of ether oxygens (including phenoxy) is 1. The number of aromatic nitrogens is 1. The van der Waals surface area contributed by atoms with Crippen LogP contribution in [0.3, 0.4) is 0 Å². The molecule has 5 heteroatoms. The van der Waals surface area contributed by atoms with Gasteiger partial charge in [0.2, 0.25) is 0 Å². The van der Waals surface area contributed by atoms with Crippen LogP contribution in [0.15, 0.2) is 12.3 Å². The molecule has 0 aliphatic heterocycles. The summed E-state index contributed by atoms with van der Waals surface area (Å²) >= 11 is 5.96. The molecule has 2 rings (SSSR count). The second-order valence-corrected chi connectivity index (χ2v) is 4.20. The summed E-state index contributed by atoms with van der Waals surface area (Å²) in [6, 6.07) is 1.78. The van der Waals surface area contributed by atoms with Gasteiger partial charge in [-0.3, -0.25) is 4.79 Å². The summed E-state index contributed by atoms with van der Waals surface area (Å²) in [5, 5.41) is 9.68. The molecule has 1 unspecified atom stereocenters. The number of rotatable bonds is 2. The summed E-state index contributed by atoms with van der Waals surface area (Å²) in [6.07, 6.45) is 1.77. The number of nitrogens with zero attached hydrogens (tertiary/aromatic N) is 1. The Morgan fingerprint density at radius 3 is 3.12 bits per heavy atom. The molecule has 0 spiro atoms. The van der Waals surface area contributed by atoms with E-state index in [0.29, 0.717) is 11.6 Å². The molecular formula is C11H12ClNO3. The molecule has 0 radical (unpaired) electrons. The highest BCUT2D eigenvalue weighted by Gasteiger charge is 2.35. The van der Waals surface area contributed by atoms with Gasteiger partial charge in [0.1, 0.15) is 11.3 Å². The van der Waals surface area contributed by atoms with Gasteiger partial charge in [-0.2, -0.15) is 0 Å². The van der Waals surface area contributed by atoms with E-state index < -0.39 is 6.10 Å². The molecule has 0 amide bonds. The van der Waals surface area contributed by atoms with Crippen molar-refractivity contribution in [3.63, 3.8) is 0 Å². The summed E-state index contributed by atoms with van der Waals surface area (Å²) in [6.45, 7) is 1.32. The summed E-state index contributed by atoms with van der Waals surface area (Å²) in [4.78, 5) is 15.0. The zero-order valence-corrected chi connectivity index (χ0v) is 9.57. The number of pyridine rings is 1. The first-order valence-electron chi connectivity index (χ1n) is 5.05. The van der Waals surface area contributed by atoms with E-state index in [9.17, 15) is 9.90 Å². The fourth-order valence-electron chi connectivity index (χ4n) is 2.07. The van der Waals surface area contributed by atoms with Crippen LogP contribution >= 0.6 is 11.6 Å². The third-order valence-corrected chi connectivity index (χ3v) is 3.09. The standard InChI is InChI=1S/C11H12ClNO3/c1-6(15)16-10-7(5-14)4-9-8(10)2-3-13-11(9)12/h2-3,7,10,14H,4-5H2,1H3/t7-,10?/m0/s1. The van der Waals surface area contributed by atoms with Crippen molar-refractivity contribution in [3.8, 4) is 0 Å². The Labute approximate surface area is 98.2 Å². The lowest BCUT2D eigenvalue weighted by Crippen LogP contribution is -2.17. The highest BCUT2D eigenvalue weighted by molar-refractivity contribution is 6.30. The van der Waals surface area contributed by atoms with E-state index in [2.05, 4.69) is 4.98 Å². The smallest absolute Gasteiger partial charge is 0.303 e. The fourth-order valence-corrected chi connectivity index (χ4v) is 2.31. The van der Waals surface area contributed by atoms with Crippen molar-refractivity contribution in [3.05, 3.63) is 28.5 Å². The SMILES string of the molecule is CC(=O)OC1c2ccnc(Cl)c2C[C@H]1CO. The van der Waals surface area contributed by atoms with Crippen LogP contribution in [-0.4, -0.2) is 22.7 Å². The van der Waals surface area contributed by atoms with Crippen molar-refractivity contribution in [1.29, 1.82) is 0 Å². The van der Waals surface area contributed by atoms with Crippen LogP contribution in [0.2, 0.25) is 5.15 Å². The normalized spacial score (nSPS) is 22.9. The molecule has 0 fully saturated rings. The van der Waals surface area contributed by atoms with E-state index in [0.717, 1.165) is 11.1 Å². The number of halogens is 1. The molecule has 2 atom stereocenters. The van der Waals surface area contributed by atoms with Gasteiger partial charge in [-0.15, -0.1) is 0 Å². The van der Waals surface area contributed by atoms with E-state index in [4.69, 9.17) is 16.3 Å². The molecule has 1 heterocycles. The lowest BCUT2D eigenvalue weighted by atomic mass is 10.1. The predicted octanol–water partition coefficient (Wildman–Crippen LogP) is 1.50. The van der Waals surface area contributed by atoms with Gasteiger partial charge in [0.15, 0.2) is 0 Å². The van der Waals surface area contributed by atoms with Crippen LogP contribution in [0.1, 0.15) is 24.2 Å². The summed E-state index contributed by atoms with van der Waals surface area (Å²) < 4.78 is 5.21. The number of hydrogen-bond donors (Lipinski definition) is 1. The van der Waals surface area contributed by atoms with Crippen molar-refractivity contribution in [2.75, 3.05) is 6.61 Å². The molecule has 0 saturated heterocycles. The Morgan fingerprint density at radius 1 is 1.75 bits per heavy atom. The number of aliphatic hydroxyl groups is 1. The maximum absolute atomic E-state index is 11.0. The van der Waals surface area contributed by atoms with E-state index >= 15 is 0 Å². The highest BCUT2D eigenvalue weighted by atomic mass is 35.5. The Hall–Kier alpha value is -1.13. The van der Waals surface area contributed by atoms with Crippen LogP contribution in [-0.2, 0) is 16.0 Å². The molecule has 16 heavy (non-hydrogen) atoms. The Bertz CT molecular complexity index is 422. The molecular weight excluding hydrogens is 230 g/mol. The monoisotopic (exact) mass is 241 g/mol. The number of hydrogen-bond acceptors (Lipinski definition) is 4. The van der Waals surface area contributed by atoms with Gasteiger partial charge in [0.25, 0.3) is 0 Å². The van der Waals surface area contributed by atoms with E-state index in [1.807, 2.05) is 0 Å². The van der Waals surface area contributed by atoms with Gasteiger partial charge in [-0.1, -0.05) is 11.6 Å². The molecule has 1 N–H and O–H groups in total. The minimum Gasteiger partial charge on any atom is -0.457 e. The third kappa shape index (κ3) is 1.90. The van der Waals surface area contributed by atoms with Crippen molar-refractivity contribution in [1.82, 2.24) is 4.98 Å². The maximum atomic E-state index is 11.0. The number of aliphatic hydroxyl groups excluding tert-OH is 1. The maximum Gasteiger partial charge on any atom is 0.303 e. The fraction of sp³-hybridized carbons (Fsp3) is 0.455. The number of esters is 1. The van der Waals surface area contributed by atoms with Crippen LogP contribution in [0.25, 0.3) is 0 Å². The highest BCUT2D eigenvalue weighted by Crippen LogP contribution is 2.40. The molecule has 4 nitrogen and oxygen atoms in total. The second-order valence-electron chi connectivity index (χ2n) is 3.85.